The van der Waals surface area contributed by atoms with E-state index in [2.05, 4.69) is 10.6 Å². The van der Waals surface area contributed by atoms with Crippen LogP contribution in [0.2, 0.25) is 0 Å². The molecule has 0 bridgehead atoms. The molecule has 1 rings (SSSR count). The van der Waals surface area contributed by atoms with Gasteiger partial charge >= 0.3 is 12.0 Å². The van der Waals surface area contributed by atoms with Crippen LogP contribution in [0.3, 0.4) is 0 Å². The molecule has 1 atom stereocenters. The van der Waals surface area contributed by atoms with Crippen LogP contribution in [0.25, 0.3) is 0 Å². The van der Waals surface area contributed by atoms with Gasteiger partial charge in [-0.1, -0.05) is 19.3 Å². The molecule has 0 spiro atoms. The van der Waals surface area contributed by atoms with E-state index < -0.39 is 17.6 Å². The zero-order valence-electron chi connectivity index (χ0n) is 10.0. The van der Waals surface area contributed by atoms with Gasteiger partial charge in [0, 0.05) is 6.54 Å². The van der Waals surface area contributed by atoms with Crippen molar-refractivity contribution in [1.82, 2.24) is 10.6 Å². The molecule has 6 nitrogen and oxygen atoms in total. The molecule has 0 heterocycles. The Kier molecular flexibility index (Phi) is 4.74. The van der Waals surface area contributed by atoms with Gasteiger partial charge in [-0.15, -0.1) is 0 Å². The minimum atomic E-state index is -1.93. The number of carbonyl (C=O) groups is 2. The Morgan fingerprint density at radius 3 is 2.47 bits per heavy atom. The van der Waals surface area contributed by atoms with Crippen LogP contribution < -0.4 is 10.6 Å². The van der Waals surface area contributed by atoms with Gasteiger partial charge in [-0.25, -0.2) is 9.59 Å². The Balaban J connectivity index is 2.09. The molecule has 0 aromatic rings. The quantitative estimate of drug-likeness (QED) is 0.540. The summed E-state index contributed by atoms with van der Waals surface area (Å²) in [5.41, 5.74) is -1.93. The molecule has 0 aromatic heterocycles. The third-order valence-corrected chi connectivity index (χ3v) is 3.12. The van der Waals surface area contributed by atoms with Gasteiger partial charge in [-0.05, 0) is 19.3 Å². The first-order valence-electron chi connectivity index (χ1n) is 5.89. The normalized spacial score (nSPS) is 18.9. The van der Waals surface area contributed by atoms with Crippen LogP contribution in [0, 0.1) is 5.92 Å². The van der Waals surface area contributed by atoms with Gasteiger partial charge in [0.1, 0.15) is 0 Å². The molecular weight excluding hydrogens is 224 g/mol. The van der Waals surface area contributed by atoms with Gasteiger partial charge in [0.05, 0.1) is 6.54 Å². The first-order chi connectivity index (χ1) is 7.92. The van der Waals surface area contributed by atoms with Crippen molar-refractivity contribution < 1.29 is 19.8 Å². The largest absolute Gasteiger partial charge is 0.479 e. The lowest BCUT2D eigenvalue weighted by atomic mass is 9.83. The summed E-state index contributed by atoms with van der Waals surface area (Å²) in [4.78, 5) is 21.8. The van der Waals surface area contributed by atoms with Crippen molar-refractivity contribution in [2.24, 2.45) is 5.92 Å². The molecule has 1 fully saturated rings. The number of nitrogens with one attached hydrogen (secondary N) is 2. The van der Waals surface area contributed by atoms with Crippen LogP contribution in [-0.4, -0.2) is 40.9 Å². The minimum absolute atomic E-state index is 0.308. The van der Waals surface area contributed by atoms with Crippen molar-refractivity contribution in [3.8, 4) is 0 Å². The molecule has 4 N–H and O–H groups in total. The standard InChI is InChI=1S/C11H20N2O4/c1-11(17,9(14)15)7-13-10(16)12-6-5-8-3-2-4-8/h8,17H,2-7H2,1H3,(H,14,15)(H2,12,13,16). The highest BCUT2D eigenvalue weighted by atomic mass is 16.4. The monoisotopic (exact) mass is 244 g/mol. The summed E-state index contributed by atoms with van der Waals surface area (Å²) in [6.45, 7) is 1.42. The summed E-state index contributed by atoms with van der Waals surface area (Å²) in [6, 6.07) is -0.439. The van der Waals surface area contributed by atoms with Crippen molar-refractivity contribution in [2.75, 3.05) is 13.1 Å². The second-order valence-corrected chi connectivity index (χ2v) is 4.77. The molecule has 1 saturated carbocycles. The molecule has 6 heteroatoms. The fourth-order valence-corrected chi connectivity index (χ4v) is 1.56. The Bertz CT molecular complexity index is 287. The lowest BCUT2D eigenvalue weighted by molar-refractivity contribution is -0.155. The molecular formula is C11H20N2O4. The minimum Gasteiger partial charge on any atom is -0.479 e. The second kappa shape index (κ2) is 5.86. The van der Waals surface area contributed by atoms with E-state index in [1.54, 1.807) is 0 Å². The number of rotatable bonds is 6. The Labute approximate surface area is 100 Å². The van der Waals surface area contributed by atoms with E-state index in [1.807, 2.05) is 0 Å². The van der Waals surface area contributed by atoms with E-state index in [9.17, 15) is 14.7 Å². The highest BCUT2D eigenvalue weighted by Gasteiger charge is 2.30. The predicted molar refractivity (Wildman–Crippen MR) is 61.6 cm³/mol. The van der Waals surface area contributed by atoms with Crippen molar-refractivity contribution in [3.05, 3.63) is 0 Å². The molecule has 2 amide bonds. The van der Waals surface area contributed by atoms with Gasteiger partial charge < -0.3 is 20.8 Å². The number of urea groups is 1. The lowest BCUT2D eigenvalue weighted by Gasteiger charge is -2.25. The topological polar surface area (TPSA) is 98.7 Å². The first kappa shape index (κ1) is 13.8. The molecule has 98 valence electrons. The smallest absolute Gasteiger partial charge is 0.337 e. The molecule has 0 aromatic carbocycles. The predicted octanol–water partition coefficient (Wildman–Crippen LogP) is 0.311. The third-order valence-electron chi connectivity index (χ3n) is 3.12. The lowest BCUT2D eigenvalue weighted by Crippen LogP contribution is -2.49. The molecule has 17 heavy (non-hydrogen) atoms. The maximum absolute atomic E-state index is 11.3. The average Bonchev–Trinajstić information content (AvgIpc) is 2.18. The number of carboxylic acid groups (broad SMARTS) is 1. The highest BCUT2D eigenvalue weighted by Crippen LogP contribution is 2.28. The Morgan fingerprint density at radius 1 is 1.35 bits per heavy atom. The third kappa shape index (κ3) is 4.60. The van der Waals surface area contributed by atoms with Crippen molar-refractivity contribution in [3.63, 3.8) is 0 Å². The van der Waals surface area contributed by atoms with Gasteiger partial charge in [0.25, 0.3) is 0 Å². The fourth-order valence-electron chi connectivity index (χ4n) is 1.56. The summed E-state index contributed by atoms with van der Waals surface area (Å²) in [5.74, 6) is -0.635. The molecule has 1 unspecified atom stereocenters. The second-order valence-electron chi connectivity index (χ2n) is 4.77. The van der Waals surface area contributed by atoms with E-state index in [-0.39, 0.29) is 6.54 Å². The number of carboxylic acids is 1. The highest BCUT2D eigenvalue weighted by molar-refractivity contribution is 5.79. The van der Waals surface area contributed by atoms with Crippen LogP contribution >= 0.6 is 0 Å². The van der Waals surface area contributed by atoms with Crippen molar-refractivity contribution >= 4 is 12.0 Å². The molecule has 0 radical (unpaired) electrons. The van der Waals surface area contributed by atoms with Gasteiger partial charge in [0.2, 0.25) is 0 Å². The molecule has 0 saturated heterocycles. The number of hydrogen-bond acceptors (Lipinski definition) is 3. The first-order valence-corrected chi connectivity index (χ1v) is 5.89. The van der Waals surface area contributed by atoms with Gasteiger partial charge in [-0.2, -0.15) is 0 Å². The van der Waals surface area contributed by atoms with Gasteiger partial charge in [0.15, 0.2) is 5.60 Å². The number of aliphatic hydroxyl groups is 1. The summed E-state index contributed by atoms with van der Waals surface area (Å²) in [5, 5.41) is 23.0. The van der Waals surface area contributed by atoms with E-state index in [1.165, 1.54) is 19.3 Å². The summed E-state index contributed by atoms with van der Waals surface area (Å²) < 4.78 is 0. The maximum Gasteiger partial charge on any atom is 0.337 e. The molecule has 1 aliphatic carbocycles. The summed E-state index contributed by atoms with van der Waals surface area (Å²) >= 11 is 0. The van der Waals surface area contributed by atoms with Gasteiger partial charge in [-0.3, -0.25) is 0 Å². The van der Waals surface area contributed by atoms with Crippen LogP contribution in [0.15, 0.2) is 0 Å². The van der Waals surface area contributed by atoms with Crippen LogP contribution in [0.5, 0.6) is 0 Å². The zero-order chi connectivity index (χ0) is 12.9. The van der Waals surface area contributed by atoms with E-state index >= 15 is 0 Å². The summed E-state index contributed by atoms with van der Waals surface area (Å²) in [6.07, 6.45) is 4.70. The SMILES string of the molecule is CC(O)(CNC(=O)NCCC1CCC1)C(=O)O. The summed E-state index contributed by atoms with van der Waals surface area (Å²) in [7, 11) is 0. The Hall–Kier alpha value is -1.30. The van der Waals surface area contributed by atoms with E-state index in [4.69, 9.17) is 5.11 Å². The number of hydrogen-bond donors (Lipinski definition) is 4. The number of amides is 2. The number of aliphatic carboxylic acids is 1. The van der Waals surface area contributed by atoms with Crippen LogP contribution in [0.1, 0.15) is 32.6 Å². The van der Waals surface area contributed by atoms with Crippen molar-refractivity contribution in [1.29, 1.82) is 0 Å². The Morgan fingerprint density at radius 2 is 2.00 bits per heavy atom. The molecule has 1 aliphatic rings. The van der Waals surface area contributed by atoms with E-state index in [0.29, 0.717) is 6.54 Å². The zero-order valence-corrected chi connectivity index (χ0v) is 10.0. The van der Waals surface area contributed by atoms with E-state index in [0.717, 1.165) is 19.3 Å². The fraction of sp³-hybridized carbons (Fsp3) is 0.818. The number of carbonyl (C=O) groups excluding carboxylic acids is 1. The average molecular weight is 244 g/mol. The maximum atomic E-state index is 11.3. The van der Waals surface area contributed by atoms with Crippen molar-refractivity contribution in [2.45, 2.75) is 38.2 Å². The molecule has 0 aliphatic heterocycles. The van der Waals surface area contributed by atoms with Crippen LogP contribution in [0.4, 0.5) is 4.79 Å². The van der Waals surface area contributed by atoms with Crippen LogP contribution in [-0.2, 0) is 4.79 Å².